The molecule has 4 aromatic rings. The van der Waals surface area contributed by atoms with Crippen molar-refractivity contribution in [1.82, 2.24) is 15.3 Å². The van der Waals surface area contributed by atoms with Crippen LogP contribution in [0.3, 0.4) is 0 Å². The Balaban J connectivity index is 1.40. The second-order valence-electron chi connectivity index (χ2n) is 6.27. The van der Waals surface area contributed by atoms with Gasteiger partial charge in [-0.25, -0.2) is 4.98 Å². The third-order valence-corrected chi connectivity index (χ3v) is 4.56. The van der Waals surface area contributed by atoms with E-state index in [-0.39, 0.29) is 11.0 Å². The van der Waals surface area contributed by atoms with Crippen molar-refractivity contribution in [1.29, 1.82) is 0 Å². The Morgan fingerprint density at radius 3 is 2.60 bits per heavy atom. The van der Waals surface area contributed by atoms with Gasteiger partial charge in [0.1, 0.15) is 5.52 Å². The van der Waals surface area contributed by atoms with E-state index >= 15 is 0 Å². The van der Waals surface area contributed by atoms with Gasteiger partial charge in [0.05, 0.1) is 0 Å². The van der Waals surface area contributed by atoms with Gasteiger partial charge in [0, 0.05) is 34.7 Å². The Morgan fingerprint density at radius 2 is 1.83 bits per heavy atom. The summed E-state index contributed by atoms with van der Waals surface area (Å²) in [7, 11) is 0. The molecule has 0 atom stereocenters. The van der Waals surface area contributed by atoms with Crippen molar-refractivity contribution >= 4 is 57.7 Å². The van der Waals surface area contributed by atoms with Gasteiger partial charge >= 0.3 is 0 Å². The van der Waals surface area contributed by atoms with Gasteiger partial charge in [0.25, 0.3) is 0 Å². The van der Waals surface area contributed by atoms with Crippen molar-refractivity contribution in [3.8, 4) is 11.5 Å². The van der Waals surface area contributed by atoms with Gasteiger partial charge in [0.15, 0.2) is 10.7 Å². The molecule has 4 rings (SSSR count). The Hall–Kier alpha value is -3.55. The molecule has 0 saturated carbocycles. The number of carbonyl (C=O) groups excluding carboxylic acids is 1. The fourth-order valence-electron chi connectivity index (χ4n) is 2.68. The van der Waals surface area contributed by atoms with Gasteiger partial charge in [-0.3, -0.25) is 15.1 Å². The molecule has 0 unspecified atom stereocenters. The monoisotopic (exact) mass is 434 g/mol. The molecule has 2 heterocycles. The number of halogens is 1. The molecular formula is C22H15ClN4O2S. The van der Waals surface area contributed by atoms with Crippen LogP contribution in [-0.2, 0) is 4.79 Å². The smallest absolute Gasteiger partial charge is 0.250 e. The molecule has 2 N–H and O–H groups in total. The number of hydrogen-bond acceptors (Lipinski definition) is 5. The second kappa shape index (κ2) is 8.86. The number of nitrogens with zero attached hydrogens (tertiary/aromatic N) is 2. The van der Waals surface area contributed by atoms with E-state index in [9.17, 15) is 4.79 Å². The molecule has 2 aromatic carbocycles. The van der Waals surface area contributed by atoms with E-state index < -0.39 is 0 Å². The number of nitrogens with one attached hydrogen (secondary N) is 2. The van der Waals surface area contributed by atoms with Crippen LogP contribution in [0.2, 0.25) is 5.02 Å². The molecule has 0 aliphatic rings. The molecular weight excluding hydrogens is 420 g/mol. The molecule has 8 heteroatoms. The number of hydrogen-bond donors (Lipinski definition) is 2. The molecule has 0 radical (unpaired) electrons. The lowest BCUT2D eigenvalue weighted by molar-refractivity contribution is -0.115. The summed E-state index contributed by atoms with van der Waals surface area (Å²) >= 11 is 11.1. The maximum absolute atomic E-state index is 12.1. The fraction of sp³-hybridized carbons (Fsp3) is 0. The van der Waals surface area contributed by atoms with Crippen LogP contribution in [0.1, 0.15) is 5.56 Å². The number of benzene rings is 2. The highest BCUT2D eigenvalue weighted by Gasteiger charge is 2.09. The van der Waals surface area contributed by atoms with E-state index in [2.05, 4.69) is 20.6 Å². The van der Waals surface area contributed by atoms with Crippen molar-refractivity contribution in [2.75, 3.05) is 5.32 Å². The molecule has 6 nitrogen and oxygen atoms in total. The quantitative estimate of drug-likeness (QED) is 0.345. The molecule has 0 bridgehead atoms. The molecule has 0 fully saturated rings. The SMILES string of the molecule is O=C(/C=C/c1ccc(Cl)cc1)NC(=S)Nc1ccc2oc(-c3ccncc3)nc2c1. The normalized spacial score (nSPS) is 11.0. The minimum atomic E-state index is -0.343. The number of thiocarbonyl (C=S) groups is 1. The first-order chi connectivity index (χ1) is 14.6. The first-order valence-electron chi connectivity index (χ1n) is 8.93. The largest absolute Gasteiger partial charge is 0.436 e. The lowest BCUT2D eigenvalue weighted by Crippen LogP contribution is -2.32. The summed E-state index contributed by atoms with van der Waals surface area (Å²) in [6.45, 7) is 0. The maximum atomic E-state index is 12.1. The van der Waals surface area contributed by atoms with Gasteiger partial charge in [-0.1, -0.05) is 23.7 Å². The summed E-state index contributed by atoms with van der Waals surface area (Å²) in [6, 6.07) is 16.2. The average molecular weight is 435 g/mol. The van der Waals surface area contributed by atoms with Crippen LogP contribution in [0.25, 0.3) is 28.6 Å². The zero-order chi connectivity index (χ0) is 20.9. The predicted molar refractivity (Wildman–Crippen MR) is 122 cm³/mol. The van der Waals surface area contributed by atoms with Crippen molar-refractivity contribution in [3.63, 3.8) is 0 Å². The van der Waals surface area contributed by atoms with E-state index in [1.807, 2.05) is 24.3 Å². The van der Waals surface area contributed by atoms with Crippen molar-refractivity contribution in [2.24, 2.45) is 0 Å². The van der Waals surface area contributed by atoms with Crippen molar-refractivity contribution in [3.05, 3.63) is 83.7 Å². The molecule has 2 aromatic heterocycles. The first-order valence-corrected chi connectivity index (χ1v) is 9.72. The van der Waals surface area contributed by atoms with Crippen LogP contribution in [0.4, 0.5) is 5.69 Å². The summed E-state index contributed by atoms with van der Waals surface area (Å²) in [5.41, 5.74) is 3.70. The molecule has 30 heavy (non-hydrogen) atoms. The second-order valence-corrected chi connectivity index (χ2v) is 7.11. The Morgan fingerprint density at radius 1 is 1.07 bits per heavy atom. The van der Waals surface area contributed by atoms with Crippen molar-refractivity contribution < 1.29 is 9.21 Å². The van der Waals surface area contributed by atoms with Crippen LogP contribution in [-0.4, -0.2) is 21.0 Å². The van der Waals surface area contributed by atoms with E-state index in [1.165, 1.54) is 6.08 Å². The minimum Gasteiger partial charge on any atom is -0.436 e. The Labute approximate surface area is 182 Å². The van der Waals surface area contributed by atoms with Crippen LogP contribution < -0.4 is 10.6 Å². The summed E-state index contributed by atoms with van der Waals surface area (Å²) in [4.78, 5) is 20.6. The fourth-order valence-corrected chi connectivity index (χ4v) is 3.03. The average Bonchev–Trinajstić information content (AvgIpc) is 3.17. The van der Waals surface area contributed by atoms with Gasteiger partial charge in [-0.15, -0.1) is 0 Å². The molecule has 1 amide bonds. The summed E-state index contributed by atoms with van der Waals surface area (Å²) in [6.07, 6.45) is 6.44. The lowest BCUT2D eigenvalue weighted by atomic mass is 10.2. The van der Waals surface area contributed by atoms with Gasteiger partial charge in [0.2, 0.25) is 11.8 Å². The zero-order valence-corrected chi connectivity index (χ0v) is 17.1. The highest BCUT2D eigenvalue weighted by Crippen LogP contribution is 2.25. The molecule has 0 spiro atoms. The number of oxazole rings is 1. The van der Waals surface area contributed by atoms with Gasteiger partial charge in [-0.2, -0.15) is 0 Å². The third kappa shape index (κ3) is 4.89. The highest BCUT2D eigenvalue weighted by atomic mass is 35.5. The number of amides is 1. The van der Waals surface area contributed by atoms with Gasteiger partial charge < -0.3 is 9.73 Å². The first kappa shape index (κ1) is 19.8. The minimum absolute atomic E-state index is 0.179. The summed E-state index contributed by atoms with van der Waals surface area (Å²) < 4.78 is 5.77. The molecule has 148 valence electrons. The summed E-state index contributed by atoms with van der Waals surface area (Å²) in [5.74, 6) is 0.165. The van der Waals surface area contributed by atoms with Crippen molar-refractivity contribution in [2.45, 2.75) is 0 Å². The van der Waals surface area contributed by atoms with E-state index in [0.29, 0.717) is 27.7 Å². The van der Waals surface area contributed by atoms with Crippen LogP contribution in [0.15, 0.2) is 77.5 Å². The number of carbonyl (C=O) groups is 1. The van der Waals surface area contributed by atoms with E-state index in [1.54, 1.807) is 48.8 Å². The molecule has 0 aliphatic heterocycles. The standard InChI is InChI=1S/C22H15ClN4O2S/c23-16-4-1-14(2-5-16)3-8-20(28)27-22(30)25-17-6-7-19-18(13-17)26-21(29-19)15-9-11-24-12-10-15/h1-13H,(H2,25,27,28,30)/b8-3+. The number of fused-ring (bicyclic) bond motifs is 1. The van der Waals surface area contributed by atoms with E-state index in [0.717, 1.165) is 11.1 Å². The Kier molecular flexibility index (Phi) is 5.83. The van der Waals surface area contributed by atoms with Gasteiger partial charge in [-0.05, 0) is 66.3 Å². The topological polar surface area (TPSA) is 80.0 Å². The highest BCUT2D eigenvalue weighted by molar-refractivity contribution is 7.80. The van der Waals surface area contributed by atoms with E-state index in [4.69, 9.17) is 28.2 Å². The van der Waals surface area contributed by atoms with Crippen LogP contribution in [0, 0.1) is 0 Å². The number of rotatable bonds is 4. The molecule has 0 saturated heterocycles. The predicted octanol–water partition coefficient (Wildman–Crippen LogP) is 5.07. The number of anilines is 1. The zero-order valence-electron chi connectivity index (χ0n) is 15.5. The Bertz CT molecular complexity index is 1240. The molecule has 0 aliphatic carbocycles. The summed E-state index contributed by atoms with van der Waals surface area (Å²) in [5, 5.41) is 6.40. The number of aromatic nitrogens is 2. The van der Waals surface area contributed by atoms with Crippen LogP contribution in [0.5, 0.6) is 0 Å². The lowest BCUT2D eigenvalue weighted by Gasteiger charge is -2.07. The third-order valence-electron chi connectivity index (χ3n) is 4.11. The number of pyridine rings is 1. The maximum Gasteiger partial charge on any atom is 0.250 e. The van der Waals surface area contributed by atoms with Crippen LogP contribution >= 0.6 is 23.8 Å².